The summed E-state index contributed by atoms with van der Waals surface area (Å²) in [7, 11) is 3.95. The molecule has 1 aromatic rings. The first-order valence-corrected chi connectivity index (χ1v) is 6.38. The molecule has 0 saturated heterocycles. The molecule has 106 valence electrons. The number of nitro benzene ring substituents is 1. The van der Waals surface area contributed by atoms with E-state index in [1.807, 2.05) is 38.9 Å². The summed E-state index contributed by atoms with van der Waals surface area (Å²) >= 11 is 0. The highest BCUT2D eigenvalue weighted by Crippen LogP contribution is 2.33. The standard InChI is InChI=1S/C13H22N4O2/c1-5-14-11-7-6-8-12(13(11)17(18)19)15-10(2)9-16(3)4/h6-8,10,14-15H,5,9H2,1-4H3. The van der Waals surface area contributed by atoms with Gasteiger partial charge in [0.25, 0.3) is 0 Å². The SMILES string of the molecule is CCNc1cccc(NC(C)CN(C)C)c1[N+](=O)[O-]. The van der Waals surface area contributed by atoms with Gasteiger partial charge in [0, 0.05) is 19.1 Å². The molecular weight excluding hydrogens is 244 g/mol. The minimum Gasteiger partial charge on any atom is -0.380 e. The molecule has 0 aromatic heterocycles. The molecule has 0 spiro atoms. The molecule has 1 unspecified atom stereocenters. The smallest absolute Gasteiger partial charge is 0.315 e. The third-order valence-electron chi connectivity index (χ3n) is 2.63. The number of hydrogen-bond donors (Lipinski definition) is 2. The predicted molar refractivity (Wildman–Crippen MR) is 78.9 cm³/mol. The van der Waals surface area contributed by atoms with Crippen molar-refractivity contribution in [2.75, 3.05) is 37.8 Å². The topological polar surface area (TPSA) is 70.4 Å². The summed E-state index contributed by atoms with van der Waals surface area (Å²) in [6.07, 6.45) is 0. The Morgan fingerprint density at radius 3 is 2.53 bits per heavy atom. The molecule has 0 heterocycles. The number of anilines is 2. The van der Waals surface area contributed by atoms with Gasteiger partial charge >= 0.3 is 5.69 Å². The second-order valence-corrected chi connectivity index (χ2v) is 4.80. The summed E-state index contributed by atoms with van der Waals surface area (Å²) in [6, 6.07) is 5.41. The highest BCUT2D eigenvalue weighted by atomic mass is 16.6. The van der Waals surface area contributed by atoms with Crippen LogP contribution in [0.1, 0.15) is 13.8 Å². The third kappa shape index (κ3) is 4.40. The van der Waals surface area contributed by atoms with Gasteiger partial charge in [-0.05, 0) is 40.1 Å². The van der Waals surface area contributed by atoms with Crippen molar-refractivity contribution in [3.05, 3.63) is 28.3 Å². The maximum absolute atomic E-state index is 11.2. The molecule has 1 rings (SSSR count). The predicted octanol–water partition coefficient (Wildman–Crippen LogP) is 2.39. The number of likely N-dealkylation sites (N-methyl/N-ethyl adjacent to an activating group) is 1. The van der Waals surface area contributed by atoms with E-state index in [9.17, 15) is 10.1 Å². The number of nitrogens with zero attached hydrogens (tertiary/aromatic N) is 2. The Kier molecular flexibility index (Phi) is 5.57. The fourth-order valence-electron chi connectivity index (χ4n) is 2.05. The number of nitro groups is 1. The van der Waals surface area contributed by atoms with Crippen LogP contribution in [0.25, 0.3) is 0 Å². The van der Waals surface area contributed by atoms with Crippen LogP contribution in [0.2, 0.25) is 0 Å². The number of para-hydroxylation sites is 1. The van der Waals surface area contributed by atoms with Crippen LogP contribution >= 0.6 is 0 Å². The summed E-state index contributed by atoms with van der Waals surface area (Å²) in [5.41, 5.74) is 1.21. The van der Waals surface area contributed by atoms with Crippen molar-refractivity contribution in [1.29, 1.82) is 0 Å². The third-order valence-corrected chi connectivity index (χ3v) is 2.63. The largest absolute Gasteiger partial charge is 0.380 e. The monoisotopic (exact) mass is 266 g/mol. The van der Waals surface area contributed by atoms with Crippen molar-refractivity contribution in [2.45, 2.75) is 19.9 Å². The maximum Gasteiger partial charge on any atom is 0.315 e. The van der Waals surface area contributed by atoms with Crippen LogP contribution in [0.3, 0.4) is 0 Å². The number of nitrogens with one attached hydrogen (secondary N) is 2. The van der Waals surface area contributed by atoms with Gasteiger partial charge in [0.1, 0.15) is 11.4 Å². The zero-order valence-corrected chi connectivity index (χ0v) is 11.9. The summed E-state index contributed by atoms with van der Waals surface area (Å²) in [6.45, 7) is 5.38. The van der Waals surface area contributed by atoms with Crippen LogP contribution in [0.15, 0.2) is 18.2 Å². The van der Waals surface area contributed by atoms with E-state index in [2.05, 4.69) is 10.6 Å². The van der Waals surface area contributed by atoms with E-state index in [1.54, 1.807) is 12.1 Å². The van der Waals surface area contributed by atoms with Gasteiger partial charge in [-0.3, -0.25) is 10.1 Å². The number of rotatable bonds is 7. The Bertz CT molecular complexity index is 435. The van der Waals surface area contributed by atoms with E-state index in [1.165, 1.54) is 0 Å². The summed E-state index contributed by atoms with van der Waals surface area (Å²) in [5, 5.41) is 17.5. The summed E-state index contributed by atoms with van der Waals surface area (Å²) < 4.78 is 0. The first-order valence-electron chi connectivity index (χ1n) is 6.38. The van der Waals surface area contributed by atoms with Crippen molar-refractivity contribution >= 4 is 17.1 Å². The van der Waals surface area contributed by atoms with Crippen molar-refractivity contribution in [3.8, 4) is 0 Å². The van der Waals surface area contributed by atoms with E-state index in [4.69, 9.17) is 0 Å². The molecule has 0 amide bonds. The zero-order valence-electron chi connectivity index (χ0n) is 11.9. The fraction of sp³-hybridized carbons (Fsp3) is 0.538. The van der Waals surface area contributed by atoms with Crippen LogP contribution < -0.4 is 10.6 Å². The van der Waals surface area contributed by atoms with E-state index < -0.39 is 0 Å². The second-order valence-electron chi connectivity index (χ2n) is 4.80. The van der Waals surface area contributed by atoms with E-state index in [0.717, 1.165) is 6.54 Å². The Morgan fingerprint density at radius 1 is 1.37 bits per heavy atom. The van der Waals surface area contributed by atoms with Crippen molar-refractivity contribution < 1.29 is 4.92 Å². The molecule has 0 bridgehead atoms. The van der Waals surface area contributed by atoms with Gasteiger partial charge in [-0.15, -0.1) is 0 Å². The molecule has 1 aromatic carbocycles. The van der Waals surface area contributed by atoms with Crippen LogP contribution in [-0.4, -0.2) is 43.0 Å². The molecule has 6 nitrogen and oxygen atoms in total. The van der Waals surface area contributed by atoms with Gasteiger partial charge in [0.05, 0.1) is 4.92 Å². The quantitative estimate of drug-likeness (QED) is 0.585. The van der Waals surface area contributed by atoms with Crippen molar-refractivity contribution in [1.82, 2.24) is 4.90 Å². The van der Waals surface area contributed by atoms with Crippen LogP contribution in [0, 0.1) is 10.1 Å². The van der Waals surface area contributed by atoms with Gasteiger partial charge in [0.2, 0.25) is 0 Å². The van der Waals surface area contributed by atoms with Crippen LogP contribution in [0.5, 0.6) is 0 Å². The highest BCUT2D eigenvalue weighted by molar-refractivity contribution is 5.76. The number of benzene rings is 1. The molecule has 19 heavy (non-hydrogen) atoms. The van der Waals surface area contributed by atoms with Gasteiger partial charge in [-0.1, -0.05) is 6.07 Å². The molecule has 0 aliphatic rings. The molecule has 0 saturated carbocycles. The van der Waals surface area contributed by atoms with Gasteiger partial charge in [0.15, 0.2) is 0 Å². The molecule has 0 radical (unpaired) electrons. The lowest BCUT2D eigenvalue weighted by Crippen LogP contribution is -2.29. The van der Waals surface area contributed by atoms with Gasteiger partial charge in [-0.25, -0.2) is 0 Å². The Hall–Kier alpha value is -1.82. The van der Waals surface area contributed by atoms with Crippen molar-refractivity contribution in [3.63, 3.8) is 0 Å². The average Bonchev–Trinajstić information content (AvgIpc) is 2.27. The fourth-order valence-corrected chi connectivity index (χ4v) is 2.05. The molecule has 1 atom stereocenters. The van der Waals surface area contributed by atoms with Crippen LogP contribution in [-0.2, 0) is 0 Å². The number of hydrogen-bond acceptors (Lipinski definition) is 5. The van der Waals surface area contributed by atoms with Crippen molar-refractivity contribution in [2.24, 2.45) is 0 Å². The lowest BCUT2D eigenvalue weighted by molar-refractivity contribution is -0.383. The molecule has 6 heteroatoms. The van der Waals surface area contributed by atoms with Gasteiger partial charge < -0.3 is 15.5 Å². The maximum atomic E-state index is 11.2. The van der Waals surface area contributed by atoms with E-state index >= 15 is 0 Å². The lowest BCUT2D eigenvalue weighted by Gasteiger charge is -2.20. The van der Waals surface area contributed by atoms with Gasteiger partial charge in [-0.2, -0.15) is 0 Å². The molecule has 2 N–H and O–H groups in total. The first kappa shape index (κ1) is 15.2. The van der Waals surface area contributed by atoms with Crippen LogP contribution in [0.4, 0.5) is 17.1 Å². The summed E-state index contributed by atoms with van der Waals surface area (Å²) in [5.74, 6) is 0. The Labute approximate surface area is 113 Å². The molecular formula is C13H22N4O2. The summed E-state index contributed by atoms with van der Waals surface area (Å²) in [4.78, 5) is 12.9. The van der Waals surface area contributed by atoms with E-state index in [0.29, 0.717) is 17.9 Å². The highest BCUT2D eigenvalue weighted by Gasteiger charge is 2.20. The first-order chi connectivity index (χ1) is 8.95. The minimum absolute atomic E-state index is 0.106. The molecule has 0 aliphatic carbocycles. The molecule has 0 fully saturated rings. The second kappa shape index (κ2) is 6.94. The normalized spacial score (nSPS) is 12.3. The molecule has 0 aliphatic heterocycles. The lowest BCUT2D eigenvalue weighted by atomic mass is 10.2. The van der Waals surface area contributed by atoms with E-state index in [-0.39, 0.29) is 16.7 Å². The Balaban J connectivity index is 2.99. The minimum atomic E-state index is -0.345. The Morgan fingerprint density at radius 2 is 2.00 bits per heavy atom. The zero-order chi connectivity index (χ0) is 14.4. The average molecular weight is 266 g/mol.